The Morgan fingerprint density at radius 1 is 1.45 bits per heavy atom. The fraction of sp³-hybridized carbons (Fsp3) is 0.222. The molecule has 0 aromatic heterocycles. The Bertz CT molecular complexity index is 450. The first-order valence-electron chi connectivity index (χ1n) is 5.79. The van der Waals surface area contributed by atoms with Crippen LogP contribution >= 0.6 is 0 Å². The zero-order valence-electron chi connectivity index (χ0n) is 10.7. The molecule has 0 bridgehead atoms. The van der Waals surface area contributed by atoms with Crippen LogP contribution in [0.3, 0.4) is 0 Å². The quantitative estimate of drug-likeness (QED) is 0.603. The van der Waals surface area contributed by atoms with E-state index in [9.17, 15) is 4.79 Å². The summed E-state index contributed by atoms with van der Waals surface area (Å²) in [6, 6.07) is -2.08. The van der Waals surface area contributed by atoms with Crippen molar-refractivity contribution in [1.82, 2.24) is 5.32 Å². The zero-order valence-corrected chi connectivity index (χ0v) is 5.69. The summed E-state index contributed by atoms with van der Waals surface area (Å²) in [4.78, 5) is 10.8. The van der Waals surface area contributed by atoms with Crippen LogP contribution in [0, 0.1) is 0 Å². The second-order valence-electron chi connectivity index (χ2n) is 2.36. The van der Waals surface area contributed by atoms with Crippen molar-refractivity contribution >= 4 is 5.91 Å². The Balaban J connectivity index is 2.57. The number of nitrogens with one attached hydrogen (secondary N) is 1. The molecule has 1 unspecified atom stereocenters. The standard InChI is InChI=1S/C9H9NO/c11-9-6-8(10-9)7-4-2-1-3-5-7/h1-5,8H,6H2,(H,10,11)/i1D,2D,3D,4D,5D. The summed E-state index contributed by atoms with van der Waals surface area (Å²) in [5.41, 5.74) is 0.172. The Morgan fingerprint density at radius 2 is 2.09 bits per heavy atom. The molecule has 11 heavy (non-hydrogen) atoms. The molecule has 1 saturated heterocycles. The van der Waals surface area contributed by atoms with Crippen LogP contribution in [-0.4, -0.2) is 5.91 Å². The summed E-state index contributed by atoms with van der Waals surface area (Å²) in [6.07, 6.45) is 0.175. The molecule has 1 amide bonds. The first-order valence-corrected chi connectivity index (χ1v) is 3.29. The van der Waals surface area contributed by atoms with Gasteiger partial charge in [-0.1, -0.05) is 30.2 Å². The van der Waals surface area contributed by atoms with Crippen LogP contribution in [0.15, 0.2) is 30.2 Å². The largest absolute Gasteiger partial charge is 0.349 e. The second-order valence-corrected chi connectivity index (χ2v) is 2.36. The van der Waals surface area contributed by atoms with Crippen molar-refractivity contribution in [3.05, 3.63) is 35.8 Å². The minimum absolute atomic E-state index is 0.170. The van der Waals surface area contributed by atoms with Crippen LogP contribution in [0.4, 0.5) is 0 Å². The fourth-order valence-electron chi connectivity index (χ4n) is 0.967. The van der Waals surface area contributed by atoms with Crippen LogP contribution in [0.1, 0.15) is 24.9 Å². The molecule has 1 heterocycles. The summed E-state index contributed by atoms with van der Waals surface area (Å²) in [5, 5.41) is 2.51. The van der Waals surface area contributed by atoms with Crippen molar-refractivity contribution in [3.8, 4) is 0 Å². The van der Waals surface area contributed by atoms with E-state index in [1.807, 2.05) is 0 Å². The van der Waals surface area contributed by atoms with Crippen molar-refractivity contribution in [2.24, 2.45) is 0 Å². The van der Waals surface area contributed by atoms with Gasteiger partial charge >= 0.3 is 0 Å². The summed E-state index contributed by atoms with van der Waals surface area (Å²) in [7, 11) is 0. The van der Waals surface area contributed by atoms with Gasteiger partial charge in [-0.2, -0.15) is 0 Å². The molecule has 1 atom stereocenters. The van der Waals surface area contributed by atoms with E-state index in [2.05, 4.69) is 5.32 Å². The topological polar surface area (TPSA) is 29.1 Å². The molecule has 2 heteroatoms. The second kappa shape index (κ2) is 2.38. The highest BCUT2D eigenvalue weighted by Gasteiger charge is 2.25. The predicted octanol–water partition coefficient (Wildman–Crippen LogP) is 1.25. The van der Waals surface area contributed by atoms with E-state index in [0.29, 0.717) is 0 Å². The van der Waals surface area contributed by atoms with Gasteiger partial charge in [0.25, 0.3) is 0 Å². The molecule has 2 rings (SSSR count). The highest BCUT2D eigenvalue weighted by Crippen LogP contribution is 2.22. The highest BCUT2D eigenvalue weighted by atomic mass is 16.2. The number of amides is 1. The van der Waals surface area contributed by atoms with E-state index in [4.69, 9.17) is 6.85 Å². The molecule has 1 aliphatic rings. The summed E-state index contributed by atoms with van der Waals surface area (Å²) >= 11 is 0. The molecule has 1 N–H and O–H groups in total. The number of hydrogen-bond donors (Lipinski definition) is 1. The minimum Gasteiger partial charge on any atom is -0.349 e. The van der Waals surface area contributed by atoms with Crippen LogP contribution in [-0.2, 0) is 4.79 Å². The monoisotopic (exact) mass is 152 g/mol. The van der Waals surface area contributed by atoms with Crippen LogP contribution in [0.5, 0.6) is 0 Å². The van der Waals surface area contributed by atoms with Gasteiger partial charge in [-0.15, -0.1) is 0 Å². The van der Waals surface area contributed by atoms with Gasteiger partial charge in [0.15, 0.2) is 0 Å². The molecule has 2 nitrogen and oxygen atoms in total. The van der Waals surface area contributed by atoms with Crippen LogP contribution < -0.4 is 5.32 Å². The molecule has 1 fully saturated rings. The third kappa shape index (κ3) is 1.11. The Morgan fingerprint density at radius 3 is 2.64 bits per heavy atom. The third-order valence-corrected chi connectivity index (χ3v) is 1.59. The Hall–Kier alpha value is -1.31. The number of carbonyl (C=O) groups excluding carboxylic acids is 1. The van der Waals surface area contributed by atoms with Crippen molar-refractivity contribution in [1.29, 1.82) is 0 Å². The van der Waals surface area contributed by atoms with E-state index in [1.54, 1.807) is 0 Å². The van der Waals surface area contributed by atoms with E-state index >= 15 is 0 Å². The molecule has 56 valence electrons. The molecule has 0 aliphatic carbocycles. The molecule has 0 saturated carbocycles. The predicted molar refractivity (Wildman–Crippen MR) is 41.9 cm³/mol. The number of carbonyl (C=O) groups is 1. The van der Waals surface area contributed by atoms with Gasteiger partial charge in [0.2, 0.25) is 5.91 Å². The Labute approximate surface area is 72.3 Å². The van der Waals surface area contributed by atoms with Crippen molar-refractivity contribution in [3.63, 3.8) is 0 Å². The molecule has 0 spiro atoms. The summed E-state index contributed by atoms with van der Waals surface area (Å²) in [6.45, 7) is 0. The average molecular weight is 152 g/mol. The van der Waals surface area contributed by atoms with Gasteiger partial charge in [0.05, 0.1) is 19.3 Å². The summed E-state index contributed by atoms with van der Waals surface area (Å²) in [5.74, 6) is -0.170. The Kier molecular flexibility index (Phi) is 0.644. The van der Waals surface area contributed by atoms with E-state index in [1.165, 1.54) is 0 Å². The molecule has 1 aliphatic heterocycles. The lowest BCUT2D eigenvalue weighted by Gasteiger charge is -2.26. The minimum atomic E-state index is -0.457. The molecular weight excluding hydrogens is 138 g/mol. The fourth-order valence-corrected chi connectivity index (χ4v) is 0.967. The molecular formula is C9H9NO. The van der Waals surface area contributed by atoms with Gasteiger partial charge in [0, 0.05) is 0 Å². The van der Waals surface area contributed by atoms with E-state index < -0.39 is 12.1 Å². The lowest BCUT2D eigenvalue weighted by molar-refractivity contribution is -0.128. The molecule has 0 radical (unpaired) electrons. The lowest BCUT2D eigenvalue weighted by atomic mass is 9.98. The smallest absolute Gasteiger partial charge is 0.222 e. The van der Waals surface area contributed by atoms with Gasteiger partial charge in [-0.05, 0) is 5.56 Å². The van der Waals surface area contributed by atoms with Gasteiger partial charge in [-0.25, -0.2) is 0 Å². The van der Waals surface area contributed by atoms with Gasteiger partial charge < -0.3 is 5.32 Å². The lowest BCUT2D eigenvalue weighted by Crippen LogP contribution is -2.41. The van der Waals surface area contributed by atoms with Crippen molar-refractivity contribution in [2.75, 3.05) is 0 Å². The number of β-lactam (4-membered cyclic amide) rings is 1. The number of rotatable bonds is 1. The SMILES string of the molecule is [2H]c1c([2H])c([2H])c(C2CC(=O)N2)c([2H])c1[2H]. The van der Waals surface area contributed by atoms with Gasteiger partial charge in [0.1, 0.15) is 0 Å². The van der Waals surface area contributed by atoms with E-state index in [0.717, 1.165) is 0 Å². The van der Waals surface area contributed by atoms with Crippen molar-refractivity contribution < 1.29 is 11.6 Å². The van der Waals surface area contributed by atoms with Gasteiger partial charge in [-0.3, -0.25) is 4.79 Å². The van der Waals surface area contributed by atoms with Crippen LogP contribution in [0.2, 0.25) is 0 Å². The number of benzene rings is 1. The van der Waals surface area contributed by atoms with Crippen LogP contribution in [0.25, 0.3) is 0 Å². The molecule has 1 aromatic carbocycles. The van der Waals surface area contributed by atoms with E-state index in [-0.39, 0.29) is 42.1 Å². The first kappa shape index (κ1) is 2.97. The maximum absolute atomic E-state index is 10.8. The van der Waals surface area contributed by atoms with Crippen molar-refractivity contribution in [2.45, 2.75) is 12.5 Å². The number of hydrogen-bond acceptors (Lipinski definition) is 1. The highest BCUT2D eigenvalue weighted by molar-refractivity contribution is 5.83. The maximum Gasteiger partial charge on any atom is 0.222 e. The molecule has 1 aromatic rings. The summed E-state index contributed by atoms with van der Waals surface area (Å²) < 4.78 is 37.6. The first-order chi connectivity index (χ1) is 7.43. The third-order valence-electron chi connectivity index (χ3n) is 1.59. The normalized spacial score (nSPS) is 28.5. The zero-order chi connectivity index (χ0) is 12.0. The maximum atomic E-state index is 10.8. The average Bonchev–Trinajstić information content (AvgIpc) is 2.21.